The summed E-state index contributed by atoms with van der Waals surface area (Å²) in [4.78, 5) is 4.52. The molecule has 3 rings (SSSR count). The summed E-state index contributed by atoms with van der Waals surface area (Å²) in [7, 11) is 0. The Morgan fingerprint density at radius 1 is 1.29 bits per heavy atom. The van der Waals surface area contributed by atoms with Gasteiger partial charge in [-0.1, -0.05) is 13.0 Å². The van der Waals surface area contributed by atoms with Gasteiger partial charge < -0.3 is 9.88 Å². The summed E-state index contributed by atoms with van der Waals surface area (Å²) in [6.45, 7) is 3.57. The molecule has 0 bridgehead atoms. The Kier molecular flexibility index (Phi) is 4.34. The Balaban J connectivity index is 1.98. The van der Waals surface area contributed by atoms with E-state index in [1.807, 2.05) is 12.4 Å². The highest BCUT2D eigenvalue weighted by Gasteiger charge is 2.18. The van der Waals surface area contributed by atoms with Gasteiger partial charge in [0.05, 0.1) is 17.7 Å². The molecule has 2 aromatic rings. The molecule has 0 aliphatic heterocycles. The zero-order valence-corrected chi connectivity index (χ0v) is 12.5. The van der Waals surface area contributed by atoms with Crippen LogP contribution < -0.4 is 5.32 Å². The molecular weight excluding hydrogens is 265 g/mol. The van der Waals surface area contributed by atoms with Gasteiger partial charge in [-0.3, -0.25) is 0 Å². The maximum atomic E-state index is 14.2. The number of aryl methyl sites for hydroxylation is 1. The summed E-state index contributed by atoms with van der Waals surface area (Å²) in [6, 6.07) is 5.31. The summed E-state index contributed by atoms with van der Waals surface area (Å²) in [5, 5.41) is 3.30. The van der Waals surface area contributed by atoms with Gasteiger partial charge in [-0.15, -0.1) is 0 Å². The van der Waals surface area contributed by atoms with Crippen molar-refractivity contribution in [3.05, 3.63) is 47.3 Å². The van der Waals surface area contributed by atoms with Crippen LogP contribution in [0.1, 0.15) is 43.1 Å². The van der Waals surface area contributed by atoms with E-state index in [1.54, 1.807) is 6.07 Å². The Bertz CT molecular complexity index is 618. The lowest BCUT2D eigenvalue weighted by Gasteiger charge is -2.17. The van der Waals surface area contributed by atoms with E-state index in [4.69, 9.17) is 0 Å². The first-order valence-corrected chi connectivity index (χ1v) is 7.85. The van der Waals surface area contributed by atoms with Gasteiger partial charge in [-0.25, -0.2) is 9.37 Å². The number of nitrogens with one attached hydrogen (secondary N) is 1. The summed E-state index contributed by atoms with van der Waals surface area (Å²) in [5.74, 6) is -0.144. The van der Waals surface area contributed by atoms with Crippen LogP contribution in [0.25, 0.3) is 5.69 Å². The monoisotopic (exact) mass is 287 g/mol. The van der Waals surface area contributed by atoms with Crippen molar-refractivity contribution in [2.45, 2.75) is 45.6 Å². The molecular formula is C17H22FN3. The van der Waals surface area contributed by atoms with Gasteiger partial charge >= 0.3 is 0 Å². The number of imidazole rings is 1. The summed E-state index contributed by atoms with van der Waals surface area (Å²) in [6.07, 6.45) is 7.38. The highest BCUT2D eigenvalue weighted by Crippen LogP contribution is 2.26. The van der Waals surface area contributed by atoms with Crippen LogP contribution in [-0.4, -0.2) is 16.1 Å². The van der Waals surface area contributed by atoms with Gasteiger partial charge in [0.25, 0.3) is 0 Å². The van der Waals surface area contributed by atoms with Crippen LogP contribution in [0.5, 0.6) is 0 Å². The predicted molar refractivity (Wildman–Crippen MR) is 82.2 cm³/mol. The van der Waals surface area contributed by atoms with Crippen LogP contribution in [0.4, 0.5) is 4.39 Å². The lowest BCUT2D eigenvalue weighted by atomic mass is 10.0. The Hall–Kier alpha value is -1.68. The van der Waals surface area contributed by atoms with Gasteiger partial charge in [-0.05, 0) is 50.8 Å². The molecule has 1 aliphatic carbocycles. The van der Waals surface area contributed by atoms with Crippen molar-refractivity contribution in [3.63, 3.8) is 0 Å². The largest absolute Gasteiger partial charge is 0.312 e. The van der Waals surface area contributed by atoms with Gasteiger partial charge in [0, 0.05) is 17.8 Å². The Morgan fingerprint density at radius 3 is 3.00 bits per heavy atom. The quantitative estimate of drug-likeness (QED) is 0.854. The third kappa shape index (κ3) is 2.86. The molecule has 112 valence electrons. The lowest BCUT2D eigenvalue weighted by Crippen LogP contribution is -2.17. The van der Waals surface area contributed by atoms with Crippen molar-refractivity contribution in [2.24, 2.45) is 0 Å². The molecule has 0 spiro atoms. The highest BCUT2D eigenvalue weighted by atomic mass is 19.1. The van der Waals surface area contributed by atoms with E-state index < -0.39 is 0 Å². The number of nitrogens with zero attached hydrogens (tertiary/aromatic N) is 2. The molecule has 3 nitrogen and oxygen atoms in total. The first-order chi connectivity index (χ1) is 10.3. The van der Waals surface area contributed by atoms with E-state index in [1.165, 1.54) is 30.3 Å². The molecule has 21 heavy (non-hydrogen) atoms. The topological polar surface area (TPSA) is 29.9 Å². The molecule has 0 unspecified atom stereocenters. The third-order valence-corrected chi connectivity index (χ3v) is 4.11. The maximum Gasteiger partial charge on any atom is 0.129 e. The van der Waals surface area contributed by atoms with Gasteiger partial charge in [-0.2, -0.15) is 0 Å². The second kappa shape index (κ2) is 6.39. The van der Waals surface area contributed by atoms with Gasteiger partial charge in [0.15, 0.2) is 0 Å². The van der Waals surface area contributed by atoms with Gasteiger partial charge in [0.2, 0.25) is 0 Å². The third-order valence-electron chi connectivity index (χ3n) is 4.11. The number of fused-ring (bicyclic) bond motifs is 1. The molecule has 0 radical (unpaired) electrons. The molecule has 0 atom stereocenters. The second-order valence-corrected chi connectivity index (χ2v) is 5.63. The van der Waals surface area contributed by atoms with Crippen LogP contribution in [0.3, 0.4) is 0 Å². The molecule has 1 heterocycles. The number of aromatic nitrogens is 2. The lowest BCUT2D eigenvalue weighted by molar-refractivity contribution is 0.582. The summed E-state index contributed by atoms with van der Waals surface area (Å²) < 4.78 is 16.3. The average Bonchev–Trinajstić information content (AvgIpc) is 2.93. The molecule has 1 aliphatic rings. The van der Waals surface area contributed by atoms with E-state index in [0.29, 0.717) is 6.54 Å². The van der Waals surface area contributed by atoms with E-state index >= 15 is 0 Å². The van der Waals surface area contributed by atoms with Crippen molar-refractivity contribution < 1.29 is 4.39 Å². The van der Waals surface area contributed by atoms with Crippen molar-refractivity contribution in [2.75, 3.05) is 6.54 Å². The molecule has 4 heteroatoms. The van der Waals surface area contributed by atoms with Crippen LogP contribution >= 0.6 is 0 Å². The number of halogens is 1. The van der Waals surface area contributed by atoms with E-state index in [0.717, 1.165) is 37.1 Å². The molecule has 0 saturated heterocycles. The average molecular weight is 287 g/mol. The summed E-state index contributed by atoms with van der Waals surface area (Å²) in [5.41, 5.74) is 4.09. The molecule has 1 aromatic heterocycles. The number of benzene rings is 1. The standard InChI is InChI=1S/C17H22FN3/c1-2-10-19-11-13-14(18)6-5-9-16(13)21-12-20-15-7-3-4-8-17(15)21/h5-6,9,12,19H,2-4,7-8,10-11H2,1H3. The van der Waals surface area contributed by atoms with Crippen LogP contribution in [-0.2, 0) is 19.4 Å². The fourth-order valence-electron chi connectivity index (χ4n) is 3.01. The molecule has 1 aromatic carbocycles. The predicted octanol–water partition coefficient (Wildman–Crippen LogP) is 3.39. The minimum absolute atomic E-state index is 0.144. The SMILES string of the molecule is CCCNCc1c(F)cccc1-n1cnc2c1CCCC2. The Labute approximate surface area is 125 Å². The minimum atomic E-state index is -0.144. The fourth-order valence-corrected chi connectivity index (χ4v) is 3.01. The second-order valence-electron chi connectivity index (χ2n) is 5.63. The van der Waals surface area contributed by atoms with Crippen molar-refractivity contribution >= 4 is 0 Å². The fraction of sp³-hybridized carbons (Fsp3) is 0.471. The van der Waals surface area contributed by atoms with Crippen LogP contribution in [0.2, 0.25) is 0 Å². The zero-order chi connectivity index (χ0) is 14.7. The van der Waals surface area contributed by atoms with E-state index in [9.17, 15) is 4.39 Å². The first kappa shape index (κ1) is 14.3. The molecule has 0 amide bonds. The number of hydrogen-bond donors (Lipinski definition) is 1. The zero-order valence-electron chi connectivity index (χ0n) is 12.5. The molecule has 0 saturated carbocycles. The van der Waals surface area contributed by atoms with Gasteiger partial charge in [0.1, 0.15) is 5.82 Å². The van der Waals surface area contributed by atoms with E-state index in [2.05, 4.69) is 21.8 Å². The normalized spacial score (nSPS) is 14.2. The van der Waals surface area contributed by atoms with Crippen molar-refractivity contribution in [3.8, 4) is 5.69 Å². The van der Waals surface area contributed by atoms with Crippen LogP contribution in [0.15, 0.2) is 24.5 Å². The number of rotatable bonds is 5. The van der Waals surface area contributed by atoms with Crippen molar-refractivity contribution in [1.82, 2.24) is 14.9 Å². The maximum absolute atomic E-state index is 14.2. The van der Waals surface area contributed by atoms with E-state index in [-0.39, 0.29) is 5.82 Å². The number of hydrogen-bond acceptors (Lipinski definition) is 2. The summed E-state index contributed by atoms with van der Waals surface area (Å²) >= 11 is 0. The Morgan fingerprint density at radius 2 is 2.14 bits per heavy atom. The van der Waals surface area contributed by atoms with Crippen LogP contribution in [0, 0.1) is 5.82 Å². The van der Waals surface area contributed by atoms with Crippen molar-refractivity contribution in [1.29, 1.82) is 0 Å². The first-order valence-electron chi connectivity index (χ1n) is 7.85. The highest BCUT2D eigenvalue weighted by molar-refractivity contribution is 5.44. The minimum Gasteiger partial charge on any atom is -0.312 e. The molecule has 1 N–H and O–H groups in total. The molecule has 0 fully saturated rings. The smallest absolute Gasteiger partial charge is 0.129 e.